The molecule has 0 saturated carbocycles. The van der Waals surface area contributed by atoms with Crippen LogP contribution in [0.5, 0.6) is 11.8 Å². The van der Waals surface area contributed by atoms with Gasteiger partial charge >= 0.3 is 11.7 Å². The summed E-state index contributed by atoms with van der Waals surface area (Å²) in [6.45, 7) is 2.11. The van der Waals surface area contributed by atoms with Crippen molar-refractivity contribution < 1.29 is 9.47 Å². The number of H-pyrrole nitrogens is 1. The van der Waals surface area contributed by atoms with Crippen molar-refractivity contribution in [1.29, 1.82) is 0 Å². The van der Waals surface area contributed by atoms with E-state index < -0.39 is 5.69 Å². The van der Waals surface area contributed by atoms with Gasteiger partial charge in [0.05, 0.1) is 18.5 Å². The molecule has 0 amide bonds. The van der Waals surface area contributed by atoms with Crippen molar-refractivity contribution in [3.63, 3.8) is 0 Å². The maximum absolute atomic E-state index is 11.9. The van der Waals surface area contributed by atoms with Crippen LogP contribution in [0.4, 0.5) is 0 Å². The van der Waals surface area contributed by atoms with Gasteiger partial charge in [0.25, 0.3) is 0 Å². The van der Waals surface area contributed by atoms with Gasteiger partial charge in [0.1, 0.15) is 12.4 Å². The van der Waals surface area contributed by atoms with E-state index in [9.17, 15) is 4.79 Å². The first-order valence-electron chi connectivity index (χ1n) is 8.85. The van der Waals surface area contributed by atoms with Crippen LogP contribution in [0.2, 0.25) is 0 Å². The Kier molecular flexibility index (Phi) is 5.02. The summed E-state index contributed by atoms with van der Waals surface area (Å²) in [6, 6.07) is 15.2. The molecule has 9 nitrogen and oxygen atoms in total. The van der Waals surface area contributed by atoms with Gasteiger partial charge in [-0.3, -0.25) is 0 Å². The van der Waals surface area contributed by atoms with Crippen molar-refractivity contribution in [2.75, 3.05) is 7.11 Å². The molecule has 0 fully saturated rings. The molecular formula is C20H18N6O3. The molecule has 146 valence electrons. The lowest BCUT2D eigenvalue weighted by Gasteiger charge is -2.12. The first-order valence-corrected chi connectivity index (χ1v) is 8.85. The van der Waals surface area contributed by atoms with Gasteiger partial charge in [-0.15, -0.1) is 0 Å². The highest BCUT2D eigenvalue weighted by Gasteiger charge is 2.13. The molecule has 2 heterocycles. The average Bonchev–Trinajstić information content (AvgIpc) is 3.18. The summed E-state index contributed by atoms with van der Waals surface area (Å²) in [5.74, 6) is 0.773. The molecule has 2 aromatic heterocycles. The van der Waals surface area contributed by atoms with Gasteiger partial charge in [0.2, 0.25) is 0 Å². The molecule has 0 radical (unpaired) electrons. The van der Waals surface area contributed by atoms with Gasteiger partial charge in [-0.05, 0) is 59.3 Å². The number of benzene rings is 2. The summed E-state index contributed by atoms with van der Waals surface area (Å²) in [6.07, 6.45) is 1.64. The van der Waals surface area contributed by atoms with Crippen molar-refractivity contribution in [3.8, 4) is 28.7 Å². The third kappa shape index (κ3) is 3.84. The van der Waals surface area contributed by atoms with Gasteiger partial charge in [-0.2, -0.15) is 9.67 Å². The number of hydrogen-bond donors (Lipinski definition) is 1. The largest absolute Gasteiger partial charge is 0.497 e. The first-order chi connectivity index (χ1) is 14.2. The monoisotopic (exact) mass is 390 g/mol. The average molecular weight is 390 g/mol. The van der Waals surface area contributed by atoms with Gasteiger partial charge in [-0.1, -0.05) is 12.1 Å². The lowest BCUT2D eigenvalue weighted by atomic mass is 10.1. The number of methoxy groups -OCH3 is 1. The summed E-state index contributed by atoms with van der Waals surface area (Å²) >= 11 is 0. The number of hydrogen-bond acceptors (Lipinski definition) is 7. The summed E-state index contributed by atoms with van der Waals surface area (Å²) in [5, 5.41) is 9.65. The summed E-state index contributed by atoms with van der Waals surface area (Å²) in [5.41, 5.74) is 3.56. The van der Waals surface area contributed by atoms with Crippen LogP contribution in [0.1, 0.15) is 11.1 Å². The van der Waals surface area contributed by atoms with Crippen LogP contribution in [0.15, 0.2) is 59.5 Å². The molecule has 0 atom stereocenters. The Morgan fingerprint density at radius 2 is 1.93 bits per heavy atom. The topological polar surface area (TPSA) is 108 Å². The summed E-state index contributed by atoms with van der Waals surface area (Å²) in [7, 11) is 1.62. The van der Waals surface area contributed by atoms with Crippen LogP contribution in [0, 0.1) is 6.92 Å². The Labute approximate surface area is 166 Å². The molecule has 29 heavy (non-hydrogen) atoms. The standard InChI is InChI=1S/C20H18N6O3/c1-13-4-3-5-18(26-20(27)23-24-25-26)16(13)12-29-19-21-11-10-17(22-19)14-6-8-15(28-2)9-7-14/h3-11H,12H2,1-2H3,(H,23,25,27). The SMILES string of the molecule is COc1ccc(-c2ccnc(OCc3c(C)cccc3-n3nn[nH]c3=O)n2)cc1. The third-order valence-corrected chi connectivity index (χ3v) is 4.45. The number of tetrazole rings is 1. The minimum Gasteiger partial charge on any atom is -0.497 e. The summed E-state index contributed by atoms with van der Waals surface area (Å²) < 4.78 is 12.2. The Morgan fingerprint density at radius 1 is 1.10 bits per heavy atom. The Hall–Kier alpha value is -4.01. The van der Waals surface area contributed by atoms with Crippen molar-refractivity contribution in [3.05, 3.63) is 76.3 Å². The molecule has 0 aliphatic heterocycles. The second-order valence-corrected chi connectivity index (χ2v) is 6.23. The molecule has 4 aromatic rings. The zero-order valence-corrected chi connectivity index (χ0v) is 15.9. The van der Waals surface area contributed by atoms with Gasteiger partial charge in [0.15, 0.2) is 0 Å². The molecule has 2 aromatic carbocycles. The number of rotatable bonds is 6. The predicted octanol–water partition coefficient (Wildman–Crippen LogP) is 2.31. The molecule has 0 saturated heterocycles. The number of aromatic nitrogens is 6. The quantitative estimate of drug-likeness (QED) is 0.538. The van der Waals surface area contributed by atoms with Crippen molar-refractivity contribution in [1.82, 2.24) is 30.2 Å². The molecule has 0 aliphatic carbocycles. The normalized spacial score (nSPS) is 10.7. The summed E-state index contributed by atoms with van der Waals surface area (Å²) in [4.78, 5) is 20.6. The van der Waals surface area contributed by atoms with E-state index in [-0.39, 0.29) is 12.6 Å². The fourth-order valence-corrected chi connectivity index (χ4v) is 2.90. The van der Waals surface area contributed by atoms with E-state index in [4.69, 9.17) is 9.47 Å². The van der Waals surface area contributed by atoms with E-state index in [1.807, 2.05) is 49.4 Å². The van der Waals surface area contributed by atoms with Gasteiger partial charge in [0, 0.05) is 17.3 Å². The lowest BCUT2D eigenvalue weighted by molar-refractivity contribution is 0.280. The maximum Gasteiger partial charge on any atom is 0.365 e. The molecule has 0 unspecified atom stereocenters. The number of aryl methyl sites for hydroxylation is 1. The first kappa shape index (κ1) is 18.4. The number of nitrogens with zero attached hydrogens (tertiary/aromatic N) is 5. The van der Waals surface area contributed by atoms with Gasteiger partial charge in [-0.25, -0.2) is 14.9 Å². The van der Waals surface area contributed by atoms with Crippen LogP contribution in [-0.2, 0) is 6.61 Å². The Balaban J connectivity index is 1.59. The molecule has 0 aliphatic rings. The van der Waals surface area contributed by atoms with Crippen LogP contribution < -0.4 is 15.2 Å². The number of ether oxygens (including phenoxy) is 2. The van der Waals surface area contributed by atoms with E-state index in [2.05, 4.69) is 25.5 Å². The number of nitrogens with one attached hydrogen (secondary N) is 1. The fraction of sp³-hybridized carbons (Fsp3) is 0.150. The second kappa shape index (κ2) is 7.93. The number of aromatic amines is 1. The van der Waals surface area contributed by atoms with Crippen LogP contribution in [0.25, 0.3) is 16.9 Å². The Bertz CT molecular complexity index is 1180. The van der Waals surface area contributed by atoms with Crippen LogP contribution in [0.3, 0.4) is 0 Å². The van der Waals surface area contributed by atoms with Crippen LogP contribution >= 0.6 is 0 Å². The molecule has 9 heteroatoms. The van der Waals surface area contributed by atoms with Crippen molar-refractivity contribution >= 4 is 0 Å². The molecule has 4 rings (SSSR count). The molecule has 1 N–H and O–H groups in total. The fourth-order valence-electron chi connectivity index (χ4n) is 2.90. The van der Waals surface area contributed by atoms with E-state index in [1.165, 1.54) is 4.68 Å². The zero-order valence-electron chi connectivity index (χ0n) is 15.9. The Morgan fingerprint density at radius 3 is 2.66 bits per heavy atom. The molecular weight excluding hydrogens is 372 g/mol. The predicted molar refractivity (Wildman–Crippen MR) is 105 cm³/mol. The van der Waals surface area contributed by atoms with Crippen molar-refractivity contribution in [2.45, 2.75) is 13.5 Å². The van der Waals surface area contributed by atoms with E-state index in [0.717, 1.165) is 28.1 Å². The molecule has 0 bridgehead atoms. The minimum atomic E-state index is -0.422. The molecule has 0 spiro atoms. The second-order valence-electron chi connectivity index (χ2n) is 6.23. The minimum absolute atomic E-state index is 0.174. The lowest BCUT2D eigenvalue weighted by Crippen LogP contribution is -2.18. The smallest absolute Gasteiger partial charge is 0.365 e. The van der Waals surface area contributed by atoms with Gasteiger partial charge < -0.3 is 9.47 Å². The van der Waals surface area contributed by atoms with Crippen molar-refractivity contribution in [2.24, 2.45) is 0 Å². The highest BCUT2D eigenvalue weighted by atomic mass is 16.5. The van der Waals surface area contributed by atoms with E-state index >= 15 is 0 Å². The van der Waals surface area contributed by atoms with Crippen LogP contribution in [-0.4, -0.2) is 37.3 Å². The maximum atomic E-state index is 11.9. The third-order valence-electron chi connectivity index (χ3n) is 4.45. The highest BCUT2D eigenvalue weighted by Crippen LogP contribution is 2.23. The highest BCUT2D eigenvalue weighted by molar-refractivity contribution is 5.60. The van der Waals surface area contributed by atoms with E-state index in [1.54, 1.807) is 19.4 Å². The van der Waals surface area contributed by atoms with E-state index in [0.29, 0.717) is 5.69 Å². The zero-order chi connectivity index (χ0) is 20.2.